The maximum atomic E-state index is 6.14. The Morgan fingerprint density at radius 3 is 2.78 bits per heavy atom. The van der Waals surface area contributed by atoms with Gasteiger partial charge in [0.25, 0.3) is 0 Å². The van der Waals surface area contributed by atoms with Crippen LogP contribution >= 0.6 is 12.6 Å². The van der Waals surface area contributed by atoms with Crippen LogP contribution < -0.4 is 11.1 Å². The summed E-state index contributed by atoms with van der Waals surface area (Å²) in [6.07, 6.45) is 3.48. The van der Waals surface area contributed by atoms with Crippen molar-refractivity contribution in [1.29, 1.82) is 0 Å². The predicted octanol–water partition coefficient (Wildman–Crippen LogP) is 1.06. The fourth-order valence-electron chi connectivity index (χ4n) is 1.90. The average Bonchev–Trinajstić information content (AvgIpc) is 2.47. The first kappa shape index (κ1) is 13.0. The third-order valence-electron chi connectivity index (χ3n) is 3.00. The van der Waals surface area contributed by atoms with Gasteiger partial charge in [-0.15, -0.1) is 12.6 Å². The van der Waals surface area contributed by atoms with Crippen LogP contribution in [0.3, 0.4) is 0 Å². The zero-order valence-electron chi connectivity index (χ0n) is 10.3. The maximum Gasteiger partial charge on any atom is 0.0687 e. The van der Waals surface area contributed by atoms with Gasteiger partial charge in [0.1, 0.15) is 0 Å². The van der Waals surface area contributed by atoms with Crippen molar-refractivity contribution in [1.82, 2.24) is 15.2 Å². The molecule has 5 heteroatoms. The minimum atomic E-state index is 0.619. The molecule has 1 aromatic rings. The van der Waals surface area contributed by atoms with Gasteiger partial charge in [0, 0.05) is 49.0 Å². The fraction of sp³-hybridized carbons (Fsp3) is 0.308. The van der Waals surface area contributed by atoms with E-state index in [0.29, 0.717) is 5.70 Å². The van der Waals surface area contributed by atoms with Crippen molar-refractivity contribution in [2.24, 2.45) is 5.73 Å². The van der Waals surface area contributed by atoms with E-state index in [1.807, 2.05) is 12.1 Å². The van der Waals surface area contributed by atoms with Crippen LogP contribution in [0.25, 0.3) is 4.91 Å². The summed E-state index contributed by atoms with van der Waals surface area (Å²) < 4.78 is 0. The first-order chi connectivity index (χ1) is 8.70. The Kier molecular flexibility index (Phi) is 4.28. The van der Waals surface area contributed by atoms with E-state index in [2.05, 4.69) is 34.4 Å². The van der Waals surface area contributed by atoms with Gasteiger partial charge in [-0.25, -0.2) is 0 Å². The highest BCUT2D eigenvalue weighted by Gasteiger charge is 2.15. The number of thiol groups is 1. The minimum absolute atomic E-state index is 0.619. The lowest BCUT2D eigenvalue weighted by atomic mass is 10.2. The Labute approximate surface area is 113 Å². The molecule has 0 unspecified atom stereocenters. The number of aromatic nitrogens is 1. The molecule has 1 aromatic heterocycles. The molecule has 0 amide bonds. The Morgan fingerprint density at radius 2 is 2.17 bits per heavy atom. The molecule has 18 heavy (non-hydrogen) atoms. The zero-order chi connectivity index (χ0) is 13.0. The first-order valence-electron chi connectivity index (χ1n) is 5.94. The molecule has 1 saturated heterocycles. The SMILES string of the molecule is C=C(/C(N)=C(/S)c1cccnc1)N1CCNCC1. The van der Waals surface area contributed by atoms with E-state index in [1.54, 1.807) is 12.4 Å². The number of nitrogens with zero attached hydrogens (tertiary/aromatic N) is 2. The molecule has 2 heterocycles. The van der Waals surface area contributed by atoms with Gasteiger partial charge < -0.3 is 16.0 Å². The smallest absolute Gasteiger partial charge is 0.0687 e. The van der Waals surface area contributed by atoms with Crippen LogP contribution in [0.2, 0.25) is 0 Å². The number of hydrogen-bond acceptors (Lipinski definition) is 5. The van der Waals surface area contributed by atoms with E-state index >= 15 is 0 Å². The Hall–Kier alpha value is -1.46. The van der Waals surface area contributed by atoms with Gasteiger partial charge in [-0.2, -0.15) is 0 Å². The van der Waals surface area contributed by atoms with Gasteiger partial charge in [0.05, 0.1) is 11.4 Å². The Bertz CT molecular complexity index is 449. The zero-order valence-corrected chi connectivity index (χ0v) is 11.2. The number of pyridine rings is 1. The van der Waals surface area contributed by atoms with Crippen LogP contribution in [0.15, 0.2) is 42.5 Å². The van der Waals surface area contributed by atoms with Gasteiger partial charge >= 0.3 is 0 Å². The molecule has 0 aromatic carbocycles. The molecule has 0 saturated carbocycles. The predicted molar refractivity (Wildman–Crippen MR) is 77.9 cm³/mol. The van der Waals surface area contributed by atoms with E-state index in [0.717, 1.165) is 42.3 Å². The van der Waals surface area contributed by atoms with Crippen molar-refractivity contribution < 1.29 is 0 Å². The molecule has 0 spiro atoms. The van der Waals surface area contributed by atoms with Crippen LogP contribution in [0, 0.1) is 0 Å². The van der Waals surface area contributed by atoms with Crippen LogP contribution in [0.5, 0.6) is 0 Å². The van der Waals surface area contributed by atoms with Gasteiger partial charge in [0.15, 0.2) is 0 Å². The van der Waals surface area contributed by atoms with Crippen molar-refractivity contribution in [3.63, 3.8) is 0 Å². The quantitative estimate of drug-likeness (QED) is 0.563. The van der Waals surface area contributed by atoms with Crippen LogP contribution in [-0.4, -0.2) is 36.1 Å². The second-order valence-electron chi connectivity index (χ2n) is 4.19. The summed E-state index contributed by atoms with van der Waals surface area (Å²) in [5.41, 5.74) is 8.51. The molecule has 1 aliphatic rings. The third kappa shape index (κ3) is 2.86. The molecule has 0 radical (unpaired) electrons. The first-order valence-corrected chi connectivity index (χ1v) is 6.39. The number of piperazine rings is 1. The molecular formula is C13H18N4S. The van der Waals surface area contributed by atoms with Crippen molar-refractivity contribution in [3.8, 4) is 0 Å². The lowest BCUT2D eigenvalue weighted by Gasteiger charge is -2.31. The van der Waals surface area contributed by atoms with Gasteiger partial charge in [-0.3, -0.25) is 4.98 Å². The lowest BCUT2D eigenvalue weighted by molar-refractivity contribution is 0.305. The van der Waals surface area contributed by atoms with Crippen LogP contribution in [0.1, 0.15) is 5.56 Å². The van der Waals surface area contributed by atoms with Gasteiger partial charge in [0.2, 0.25) is 0 Å². The molecule has 3 N–H and O–H groups in total. The van der Waals surface area contributed by atoms with Crippen LogP contribution in [0.4, 0.5) is 0 Å². The lowest BCUT2D eigenvalue weighted by Crippen LogP contribution is -2.43. The molecule has 0 atom stereocenters. The van der Waals surface area contributed by atoms with Crippen molar-refractivity contribution in [2.75, 3.05) is 26.2 Å². The third-order valence-corrected chi connectivity index (χ3v) is 3.50. The van der Waals surface area contributed by atoms with E-state index in [1.165, 1.54) is 0 Å². The Balaban J connectivity index is 2.18. The highest BCUT2D eigenvalue weighted by molar-refractivity contribution is 7.90. The molecule has 0 bridgehead atoms. The van der Waals surface area contributed by atoms with E-state index < -0.39 is 0 Å². The molecule has 2 rings (SSSR count). The second kappa shape index (κ2) is 5.93. The summed E-state index contributed by atoms with van der Waals surface area (Å²) in [6.45, 7) is 7.84. The number of nitrogens with one attached hydrogen (secondary N) is 1. The second-order valence-corrected chi connectivity index (χ2v) is 4.63. The summed E-state index contributed by atoms with van der Waals surface area (Å²) in [6, 6.07) is 3.81. The highest BCUT2D eigenvalue weighted by atomic mass is 32.1. The molecule has 0 aliphatic carbocycles. The average molecular weight is 262 g/mol. The topological polar surface area (TPSA) is 54.2 Å². The van der Waals surface area contributed by atoms with Crippen molar-refractivity contribution >= 4 is 17.5 Å². The standard InChI is InChI=1S/C13H18N4S/c1-10(17-7-5-15-6-8-17)12(14)13(18)11-3-2-4-16-9-11/h2-4,9,15,18H,1,5-8,14H2/b13-12-. The Morgan fingerprint density at radius 1 is 1.44 bits per heavy atom. The minimum Gasteiger partial charge on any atom is -0.396 e. The fourth-order valence-corrected chi connectivity index (χ4v) is 2.16. The summed E-state index contributed by atoms with van der Waals surface area (Å²) in [5.74, 6) is 0. The number of rotatable bonds is 3. The van der Waals surface area contributed by atoms with Gasteiger partial charge in [-0.05, 0) is 6.07 Å². The molecular weight excluding hydrogens is 244 g/mol. The molecule has 1 aliphatic heterocycles. The summed E-state index contributed by atoms with van der Waals surface area (Å²) in [7, 11) is 0. The number of nitrogens with two attached hydrogens (primary N) is 1. The summed E-state index contributed by atoms with van der Waals surface area (Å²) >= 11 is 4.48. The number of hydrogen-bond donors (Lipinski definition) is 3. The monoisotopic (exact) mass is 262 g/mol. The molecule has 96 valence electrons. The van der Waals surface area contributed by atoms with Crippen molar-refractivity contribution in [3.05, 3.63) is 48.1 Å². The van der Waals surface area contributed by atoms with Crippen LogP contribution in [-0.2, 0) is 0 Å². The molecule has 4 nitrogen and oxygen atoms in total. The largest absolute Gasteiger partial charge is 0.396 e. The highest BCUT2D eigenvalue weighted by Crippen LogP contribution is 2.24. The van der Waals surface area contributed by atoms with E-state index in [-0.39, 0.29) is 0 Å². The van der Waals surface area contributed by atoms with E-state index in [9.17, 15) is 0 Å². The summed E-state index contributed by atoms with van der Waals surface area (Å²) in [4.78, 5) is 6.98. The van der Waals surface area contributed by atoms with Gasteiger partial charge in [-0.1, -0.05) is 12.6 Å². The van der Waals surface area contributed by atoms with Crippen molar-refractivity contribution in [2.45, 2.75) is 0 Å². The summed E-state index contributed by atoms with van der Waals surface area (Å²) in [5, 5.41) is 3.30. The maximum absolute atomic E-state index is 6.14. The molecule has 1 fully saturated rings. The normalized spacial score (nSPS) is 17.3. The van der Waals surface area contributed by atoms with E-state index in [4.69, 9.17) is 5.73 Å².